The predicted octanol–water partition coefficient (Wildman–Crippen LogP) is 8.26. The van der Waals surface area contributed by atoms with E-state index in [1.165, 1.54) is 0 Å². The van der Waals surface area contributed by atoms with Crippen LogP contribution in [0, 0.1) is 0 Å². The lowest BCUT2D eigenvalue weighted by Crippen LogP contribution is -2.33. The highest BCUT2D eigenvalue weighted by Crippen LogP contribution is 2.34. The molecule has 0 aliphatic rings. The van der Waals surface area contributed by atoms with Crippen LogP contribution in [0.15, 0.2) is 132 Å². The van der Waals surface area contributed by atoms with Crippen LogP contribution in [0.4, 0.5) is 5.69 Å². The molecule has 3 N–H and O–H groups in total. The fraction of sp³-hybridized carbons (Fsp3) is 0.108. The topological polar surface area (TPSA) is 114 Å². The minimum atomic E-state index is -1.08. The van der Waals surface area contributed by atoms with Crippen molar-refractivity contribution in [2.24, 2.45) is 0 Å². The molecule has 0 aliphatic heterocycles. The molecule has 232 valence electrons. The van der Waals surface area contributed by atoms with Crippen molar-refractivity contribution in [1.82, 2.24) is 5.32 Å². The van der Waals surface area contributed by atoms with Gasteiger partial charge < -0.3 is 25.2 Å². The van der Waals surface area contributed by atoms with Gasteiger partial charge in [-0.25, -0.2) is 0 Å². The number of amides is 2. The average Bonchev–Trinajstić information content (AvgIpc) is 3.06. The number of carboxylic acid groups (broad SMARTS) is 1. The van der Waals surface area contributed by atoms with E-state index in [1.54, 1.807) is 61.5 Å². The summed E-state index contributed by atoms with van der Waals surface area (Å²) in [4.78, 5) is 38.4. The molecule has 2 atom stereocenters. The molecule has 0 saturated heterocycles. The Hall–Kier alpha value is -5.41. The van der Waals surface area contributed by atoms with Crippen LogP contribution < -0.4 is 20.1 Å². The predicted molar refractivity (Wildman–Crippen MR) is 180 cm³/mol. The summed E-state index contributed by atoms with van der Waals surface area (Å²) in [6.45, 7) is 1.61. The largest absolute Gasteiger partial charge is 0.481 e. The van der Waals surface area contributed by atoms with E-state index in [-0.39, 0.29) is 17.7 Å². The molecule has 2 amide bonds. The molecular weight excluding hydrogens is 648 g/mol. The normalized spacial score (nSPS) is 12.0. The Labute approximate surface area is 275 Å². The number of aliphatic carboxylic acids is 1. The molecule has 0 radical (unpaired) electrons. The van der Waals surface area contributed by atoms with Gasteiger partial charge in [-0.3, -0.25) is 14.4 Å². The van der Waals surface area contributed by atoms with E-state index in [9.17, 15) is 19.5 Å². The third-order valence-electron chi connectivity index (χ3n) is 7.08. The van der Waals surface area contributed by atoms with Gasteiger partial charge in [-0.15, -0.1) is 0 Å². The summed E-state index contributed by atoms with van der Waals surface area (Å²) in [5, 5.41) is 15.3. The van der Waals surface area contributed by atoms with Gasteiger partial charge in [0.1, 0.15) is 17.2 Å². The molecule has 2 unspecified atom stereocenters. The molecule has 46 heavy (non-hydrogen) atoms. The Morgan fingerprint density at radius 2 is 1.41 bits per heavy atom. The van der Waals surface area contributed by atoms with Crippen LogP contribution >= 0.6 is 15.9 Å². The highest BCUT2D eigenvalue weighted by atomic mass is 79.9. The van der Waals surface area contributed by atoms with Gasteiger partial charge in [0.15, 0.2) is 6.10 Å². The maximum absolute atomic E-state index is 13.6. The van der Waals surface area contributed by atoms with E-state index in [2.05, 4.69) is 26.6 Å². The van der Waals surface area contributed by atoms with Crippen molar-refractivity contribution in [3.8, 4) is 28.4 Å². The monoisotopic (exact) mass is 678 g/mol. The zero-order valence-corrected chi connectivity index (χ0v) is 26.4. The van der Waals surface area contributed by atoms with Gasteiger partial charge in [-0.05, 0) is 66.6 Å². The fourth-order valence-corrected chi connectivity index (χ4v) is 5.13. The Balaban J connectivity index is 1.34. The average molecular weight is 680 g/mol. The van der Waals surface area contributed by atoms with Gasteiger partial charge in [0.2, 0.25) is 0 Å². The maximum Gasteiger partial charge on any atom is 0.305 e. The number of para-hydroxylation sites is 3. The summed E-state index contributed by atoms with van der Waals surface area (Å²) in [6.07, 6.45) is -1.19. The summed E-state index contributed by atoms with van der Waals surface area (Å²) < 4.78 is 12.4. The van der Waals surface area contributed by atoms with Crippen molar-refractivity contribution < 1.29 is 29.0 Å². The van der Waals surface area contributed by atoms with Crippen molar-refractivity contribution in [1.29, 1.82) is 0 Å². The van der Waals surface area contributed by atoms with Gasteiger partial charge >= 0.3 is 5.97 Å². The third kappa shape index (κ3) is 8.40. The van der Waals surface area contributed by atoms with Crippen molar-refractivity contribution in [3.05, 3.63) is 143 Å². The highest BCUT2D eigenvalue weighted by Gasteiger charge is 2.23. The lowest BCUT2D eigenvalue weighted by atomic mass is 9.98. The number of hydrogen-bond acceptors (Lipinski definition) is 5. The number of benzene rings is 5. The molecule has 5 rings (SSSR count). The van der Waals surface area contributed by atoms with E-state index in [0.717, 1.165) is 11.1 Å². The van der Waals surface area contributed by atoms with E-state index in [1.807, 2.05) is 72.8 Å². The number of anilines is 1. The van der Waals surface area contributed by atoms with Crippen molar-refractivity contribution in [2.75, 3.05) is 5.32 Å². The Morgan fingerprint density at radius 1 is 0.783 bits per heavy atom. The van der Waals surface area contributed by atoms with Crippen LogP contribution in [0.25, 0.3) is 11.1 Å². The summed E-state index contributed by atoms with van der Waals surface area (Å²) in [5.74, 6) is -0.166. The number of nitrogens with one attached hydrogen (secondary N) is 2. The van der Waals surface area contributed by atoms with Crippen LogP contribution in [0.5, 0.6) is 17.2 Å². The van der Waals surface area contributed by atoms with Gasteiger partial charge in [-0.1, -0.05) is 94.8 Å². The molecule has 0 spiro atoms. The van der Waals surface area contributed by atoms with Gasteiger partial charge in [0, 0.05) is 10.0 Å². The zero-order valence-electron chi connectivity index (χ0n) is 24.9. The molecule has 0 heterocycles. The van der Waals surface area contributed by atoms with Crippen LogP contribution in [0.3, 0.4) is 0 Å². The Morgan fingerprint density at radius 3 is 2.09 bits per heavy atom. The lowest BCUT2D eigenvalue weighted by Gasteiger charge is -2.20. The molecule has 0 fully saturated rings. The first-order chi connectivity index (χ1) is 22.3. The minimum absolute atomic E-state index is 0.161. The van der Waals surface area contributed by atoms with Gasteiger partial charge in [0.05, 0.1) is 23.7 Å². The van der Waals surface area contributed by atoms with Crippen LogP contribution in [0.2, 0.25) is 0 Å². The van der Waals surface area contributed by atoms with E-state index >= 15 is 0 Å². The lowest BCUT2D eigenvalue weighted by molar-refractivity contribution is -0.137. The van der Waals surface area contributed by atoms with Crippen LogP contribution in [-0.4, -0.2) is 29.0 Å². The number of rotatable bonds is 12. The van der Waals surface area contributed by atoms with Crippen molar-refractivity contribution in [2.45, 2.75) is 25.5 Å². The molecule has 9 heteroatoms. The number of hydrogen-bond donors (Lipinski definition) is 3. The second-order valence-electron chi connectivity index (χ2n) is 10.4. The molecule has 0 bridgehead atoms. The number of carbonyl (C=O) groups excluding carboxylic acids is 2. The standard InChI is InChI=1S/C37H31BrN2O6/c1-24(45-28-10-4-2-5-11-28)36(43)39-32-21-20-27(38)22-31(32)37(44)40-33(23-35(41)42)26-18-16-25(17-19-26)30-14-8-9-15-34(30)46-29-12-6-3-7-13-29/h2-22,24,33H,23H2,1H3,(H,39,43)(H,40,44)(H,41,42). The number of carbonyl (C=O) groups is 3. The van der Waals surface area contributed by atoms with E-state index in [0.29, 0.717) is 27.3 Å². The smallest absolute Gasteiger partial charge is 0.305 e. The second kappa shape index (κ2) is 15.0. The minimum Gasteiger partial charge on any atom is -0.481 e. The molecule has 8 nitrogen and oxygen atoms in total. The third-order valence-corrected chi connectivity index (χ3v) is 7.57. The summed E-state index contributed by atoms with van der Waals surface area (Å²) in [6, 6.07) is 37.4. The Kier molecular flexibility index (Phi) is 10.5. The van der Waals surface area contributed by atoms with Crippen molar-refractivity contribution in [3.63, 3.8) is 0 Å². The van der Waals surface area contributed by atoms with Gasteiger partial charge in [0.25, 0.3) is 11.8 Å². The van der Waals surface area contributed by atoms with Crippen LogP contribution in [0.1, 0.15) is 35.3 Å². The second-order valence-corrected chi connectivity index (χ2v) is 11.3. The van der Waals surface area contributed by atoms with E-state index < -0.39 is 29.9 Å². The zero-order chi connectivity index (χ0) is 32.5. The van der Waals surface area contributed by atoms with Crippen LogP contribution in [-0.2, 0) is 9.59 Å². The first-order valence-electron chi connectivity index (χ1n) is 14.5. The molecule has 0 saturated carbocycles. The van der Waals surface area contributed by atoms with Gasteiger partial charge in [-0.2, -0.15) is 0 Å². The number of ether oxygens (including phenoxy) is 2. The fourth-order valence-electron chi connectivity index (χ4n) is 4.77. The van der Waals surface area contributed by atoms with E-state index in [4.69, 9.17) is 9.47 Å². The summed E-state index contributed by atoms with van der Waals surface area (Å²) in [5.41, 5.74) is 2.74. The quantitative estimate of drug-likeness (QED) is 0.122. The summed E-state index contributed by atoms with van der Waals surface area (Å²) >= 11 is 3.39. The molecular formula is C37H31BrN2O6. The van der Waals surface area contributed by atoms with Crippen molar-refractivity contribution >= 4 is 39.4 Å². The highest BCUT2D eigenvalue weighted by molar-refractivity contribution is 9.10. The maximum atomic E-state index is 13.6. The first kappa shape index (κ1) is 32.0. The summed E-state index contributed by atoms with van der Waals surface area (Å²) in [7, 11) is 0. The molecule has 0 aliphatic carbocycles. The SMILES string of the molecule is CC(Oc1ccccc1)C(=O)Nc1ccc(Br)cc1C(=O)NC(CC(=O)O)c1ccc(-c2ccccc2Oc2ccccc2)cc1. The molecule has 5 aromatic carbocycles. The number of carboxylic acids is 1. The first-order valence-corrected chi connectivity index (χ1v) is 15.3. The number of halogens is 1. The molecule has 0 aromatic heterocycles. The molecule has 5 aromatic rings. The Bertz CT molecular complexity index is 1810.